The highest BCUT2D eigenvalue weighted by atomic mass is 19.1. The van der Waals surface area contributed by atoms with Crippen molar-refractivity contribution in [2.75, 3.05) is 18.4 Å². The zero-order chi connectivity index (χ0) is 28.5. The van der Waals surface area contributed by atoms with E-state index in [1.807, 2.05) is 31.2 Å². The summed E-state index contributed by atoms with van der Waals surface area (Å²) in [5, 5.41) is 7.84. The van der Waals surface area contributed by atoms with E-state index in [0.29, 0.717) is 58.9 Å². The molecule has 5 aliphatic rings. The summed E-state index contributed by atoms with van der Waals surface area (Å²) in [6.07, 6.45) is 5.67. The minimum atomic E-state index is -0.231. The lowest BCUT2D eigenvalue weighted by Gasteiger charge is -2.61. The molecule has 0 amide bonds. The van der Waals surface area contributed by atoms with Crippen LogP contribution >= 0.6 is 0 Å². The van der Waals surface area contributed by atoms with Gasteiger partial charge in [0.2, 0.25) is 0 Å². The Balaban J connectivity index is 1.13. The molecule has 0 radical (unpaired) electrons. The number of guanidine groups is 1. The number of hydrogen-bond donors (Lipinski definition) is 2. The summed E-state index contributed by atoms with van der Waals surface area (Å²) in [5.74, 6) is 2.79. The van der Waals surface area contributed by atoms with Gasteiger partial charge in [0.25, 0.3) is 5.56 Å². The number of nitrogens with zero attached hydrogens (tertiary/aromatic N) is 4. The van der Waals surface area contributed by atoms with Gasteiger partial charge in [0.15, 0.2) is 5.96 Å². The molecular weight excluding hydrogens is 515 g/mol. The maximum absolute atomic E-state index is 14.3. The van der Waals surface area contributed by atoms with Crippen LogP contribution in [-0.2, 0) is 13.0 Å². The molecule has 2 saturated heterocycles. The molecule has 0 unspecified atom stereocenters. The second-order valence-corrected chi connectivity index (χ2v) is 13.6. The summed E-state index contributed by atoms with van der Waals surface area (Å²) in [6, 6.07) is 12.3. The second kappa shape index (κ2) is 9.93. The van der Waals surface area contributed by atoms with E-state index in [0.717, 1.165) is 55.0 Å². The Labute approximate surface area is 241 Å². The summed E-state index contributed by atoms with van der Waals surface area (Å²) in [7, 11) is 0. The Morgan fingerprint density at radius 1 is 1.20 bits per heavy atom. The summed E-state index contributed by atoms with van der Waals surface area (Å²) in [6.45, 7) is 11.5. The van der Waals surface area contributed by atoms with Gasteiger partial charge in [-0.2, -0.15) is 0 Å². The number of fused-ring (bicyclic) bond motifs is 5. The van der Waals surface area contributed by atoms with Crippen molar-refractivity contribution >= 4 is 22.5 Å². The van der Waals surface area contributed by atoms with E-state index in [1.165, 1.54) is 12.5 Å². The number of piperazine rings is 1. The number of aliphatic imine (C=N–C) groups is 1. The average Bonchev–Trinajstić information content (AvgIpc) is 3.58. The first-order valence-corrected chi connectivity index (χ1v) is 15.3. The Kier molecular flexibility index (Phi) is 6.45. The zero-order valence-corrected chi connectivity index (χ0v) is 24.5. The van der Waals surface area contributed by atoms with Crippen molar-refractivity contribution in [2.45, 2.75) is 78.0 Å². The number of nitrogens with one attached hydrogen (secondary N) is 2. The second-order valence-electron chi connectivity index (χ2n) is 13.6. The number of aryl methyl sites for hydroxylation is 3. The Bertz CT molecular complexity index is 1580. The lowest BCUT2D eigenvalue weighted by atomic mass is 9.45. The highest BCUT2D eigenvalue weighted by Gasteiger charge is 2.56. The first-order chi connectivity index (χ1) is 19.7. The smallest absolute Gasteiger partial charge is 0.261 e. The van der Waals surface area contributed by atoms with Crippen LogP contribution in [0.2, 0.25) is 0 Å². The van der Waals surface area contributed by atoms with Gasteiger partial charge < -0.3 is 15.5 Å². The monoisotopic (exact) mass is 556 g/mol. The van der Waals surface area contributed by atoms with Crippen molar-refractivity contribution in [3.8, 4) is 0 Å². The van der Waals surface area contributed by atoms with Crippen LogP contribution in [0.3, 0.4) is 0 Å². The molecule has 3 saturated carbocycles. The predicted octanol–water partition coefficient (Wildman–Crippen LogP) is 4.97. The minimum Gasteiger partial charge on any atom is -0.337 e. The van der Waals surface area contributed by atoms with Crippen LogP contribution in [0.15, 0.2) is 52.5 Å². The van der Waals surface area contributed by atoms with E-state index in [-0.39, 0.29) is 11.4 Å². The number of hydrogen-bond acceptors (Lipinski definition) is 4. The van der Waals surface area contributed by atoms with Gasteiger partial charge >= 0.3 is 0 Å². The molecule has 8 heteroatoms. The summed E-state index contributed by atoms with van der Waals surface area (Å²) in [4.78, 5) is 25.8. The van der Waals surface area contributed by atoms with E-state index in [9.17, 15) is 9.18 Å². The molecule has 8 rings (SSSR count). The number of halogens is 1. The molecule has 7 nitrogen and oxygen atoms in total. The maximum Gasteiger partial charge on any atom is 0.261 e. The molecule has 6 atom stereocenters. The van der Waals surface area contributed by atoms with Crippen LogP contribution in [0.25, 0.3) is 10.9 Å². The summed E-state index contributed by atoms with van der Waals surface area (Å²) >= 11 is 0. The molecule has 0 spiro atoms. The van der Waals surface area contributed by atoms with Crippen LogP contribution in [0.1, 0.15) is 51.2 Å². The molecule has 3 heterocycles. The van der Waals surface area contributed by atoms with Gasteiger partial charge in [-0.15, -0.1) is 0 Å². The molecule has 216 valence electrons. The zero-order valence-electron chi connectivity index (χ0n) is 24.5. The van der Waals surface area contributed by atoms with Gasteiger partial charge in [-0.25, -0.2) is 14.4 Å². The molecule has 5 fully saturated rings. The molecule has 2 N–H and O–H groups in total. The molecule has 3 aromatic rings. The van der Waals surface area contributed by atoms with Gasteiger partial charge in [0, 0.05) is 37.4 Å². The van der Waals surface area contributed by atoms with Gasteiger partial charge in [-0.05, 0) is 91.2 Å². The fraction of sp³-hybridized carbons (Fsp3) is 0.545. The maximum atomic E-state index is 14.3. The first kappa shape index (κ1) is 26.6. The third kappa shape index (κ3) is 4.64. The predicted molar refractivity (Wildman–Crippen MR) is 162 cm³/mol. The van der Waals surface area contributed by atoms with Gasteiger partial charge in [-0.1, -0.05) is 32.9 Å². The van der Waals surface area contributed by atoms with Crippen LogP contribution in [-0.4, -0.2) is 51.6 Å². The van der Waals surface area contributed by atoms with Crippen molar-refractivity contribution in [3.63, 3.8) is 0 Å². The minimum absolute atomic E-state index is 0.108. The molecule has 2 aromatic carbocycles. The average molecular weight is 557 g/mol. The van der Waals surface area contributed by atoms with Crippen molar-refractivity contribution in [3.05, 3.63) is 70.0 Å². The molecule has 3 aliphatic carbocycles. The fourth-order valence-corrected chi connectivity index (χ4v) is 8.07. The van der Waals surface area contributed by atoms with Crippen LogP contribution in [0.5, 0.6) is 0 Å². The summed E-state index contributed by atoms with van der Waals surface area (Å²) in [5.41, 5.74) is 3.36. The fourth-order valence-electron chi connectivity index (χ4n) is 8.07. The highest BCUT2D eigenvalue weighted by Crippen LogP contribution is 2.61. The standard InChI is InChI=1S/C33H41FN6O/c1-19-5-6-21(28(34)11-19)9-10-39-18-36-30-15-23(7-8-26(30)31(39)41)37-32(40-17-24-14-25(40)16-35-24)38-29-13-22-12-27(20(29)2)33(22,3)4/h5-8,11,15,18,20,22,24-25,27,29,35H,9-10,12-14,16-17H2,1-4H3,(H,37,38)/t20-,22-,24+,25+,27+,29-/m0/s1. The topological polar surface area (TPSA) is 74.6 Å². The van der Waals surface area contributed by atoms with Crippen molar-refractivity contribution < 1.29 is 4.39 Å². The molecular formula is C33H41FN6O. The lowest BCUT2D eigenvalue weighted by molar-refractivity contribution is -0.108. The number of aromatic nitrogens is 2. The van der Waals surface area contributed by atoms with Gasteiger partial charge in [0.1, 0.15) is 5.82 Å². The Morgan fingerprint density at radius 2 is 2.05 bits per heavy atom. The highest BCUT2D eigenvalue weighted by molar-refractivity contribution is 5.96. The summed E-state index contributed by atoms with van der Waals surface area (Å²) < 4.78 is 15.9. The number of likely N-dealkylation sites (tertiary alicyclic amines) is 1. The van der Waals surface area contributed by atoms with Gasteiger partial charge in [0.05, 0.1) is 23.3 Å². The van der Waals surface area contributed by atoms with E-state index in [1.54, 1.807) is 17.0 Å². The van der Waals surface area contributed by atoms with Crippen molar-refractivity contribution in [1.82, 2.24) is 19.8 Å². The Hall–Kier alpha value is -3.26. The molecule has 2 aliphatic heterocycles. The molecule has 1 aromatic heterocycles. The number of anilines is 1. The largest absolute Gasteiger partial charge is 0.337 e. The van der Waals surface area contributed by atoms with E-state index >= 15 is 0 Å². The van der Waals surface area contributed by atoms with E-state index in [4.69, 9.17) is 4.99 Å². The number of rotatable bonds is 5. The van der Waals surface area contributed by atoms with Crippen molar-refractivity contribution in [1.29, 1.82) is 0 Å². The van der Waals surface area contributed by atoms with Crippen LogP contribution in [0, 0.1) is 35.9 Å². The SMILES string of the molecule is Cc1ccc(CCn2cnc3cc(NC(=N[C@H]4C[C@@H]5C[C@H]([C@@H]4C)C5(C)C)N4C[C@H]5C[C@@H]4CN5)ccc3c2=O)c(F)c1. The third-order valence-electron chi connectivity index (χ3n) is 10.8. The number of benzene rings is 2. The van der Waals surface area contributed by atoms with Crippen LogP contribution in [0.4, 0.5) is 10.1 Å². The quantitative estimate of drug-likeness (QED) is 0.343. The first-order valence-electron chi connectivity index (χ1n) is 15.3. The molecule has 41 heavy (non-hydrogen) atoms. The third-order valence-corrected chi connectivity index (χ3v) is 10.8. The van der Waals surface area contributed by atoms with Crippen LogP contribution < -0.4 is 16.2 Å². The van der Waals surface area contributed by atoms with Gasteiger partial charge in [-0.3, -0.25) is 9.36 Å². The van der Waals surface area contributed by atoms with E-state index in [2.05, 4.69) is 41.3 Å². The van der Waals surface area contributed by atoms with Crippen molar-refractivity contribution in [2.24, 2.45) is 28.2 Å². The molecule has 4 bridgehead atoms. The normalized spacial score (nSPS) is 30.1. The van der Waals surface area contributed by atoms with E-state index < -0.39 is 0 Å². The lowest BCUT2D eigenvalue weighted by Crippen LogP contribution is -2.57. The Morgan fingerprint density at radius 3 is 2.76 bits per heavy atom.